The van der Waals surface area contributed by atoms with Crippen molar-refractivity contribution in [3.63, 3.8) is 0 Å². The Labute approximate surface area is 113 Å². The summed E-state index contributed by atoms with van der Waals surface area (Å²) in [6, 6.07) is -0.875. The first-order valence-corrected chi connectivity index (χ1v) is 6.62. The van der Waals surface area contributed by atoms with Crippen LogP contribution in [-0.2, 0) is 9.59 Å². The van der Waals surface area contributed by atoms with E-state index in [0.29, 0.717) is 13.0 Å². The van der Waals surface area contributed by atoms with Gasteiger partial charge in [-0.2, -0.15) is 0 Å². The highest BCUT2D eigenvalue weighted by Gasteiger charge is 2.43. The van der Waals surface area contributed by atoms with E-state index in [1.165, 1.54) is 5.54 Å². The molecule has 102 valence electrons. The lowest BCUT2D eigenvalue weighted by Gasteiger charge is -2.42. The van der Waals surface area contributed by atoms with Gasteiger partial charge in [0.15, 0.2) is 0 Å². The molecule has 1 rings (SSSR count). The zero-order valence-electron chi connectivity index (χ0n) is 11.4. The van der Waals surface area contributed by atoms with Gasteiger partial charge in [-0.25, -0.2) is 0 Å². The molecule has 1 aliphatic rings. The fourth-order valence-corrected chi connectivity index (χ4v) is 2.20. The van der Waals surface area contributed by atoms with E-state index < -0.39 is 12.1 Å². The molecule has 2 unspecified atom stereocenters. The molecule has 0 spiro atoms. The van der Waals surface area contributed by atoms with E-state index in [9.17, 15) is 9.59 Å². The van der Waals surface area contributed by atoms with Crippen molar-refractivity contribution in [3.05, 3.63) is 11.6 Å². The summed E-state index contributed by atoms with van der Waals surface area (Å²) in [7, 11) is 0. The van der Waals surface area contributed by atoms with Gasteiger partial charge in [0.25, 0.3) is 0 Å². The molecule has 4 nitrogen and oxygen atoms in total. The predicted octanol–water partition coefficient (Wildman–Crippen LogP) is 1.89. The second kappa shape index (κ2) is 5.74. The number of carbonyl (C=O) groups excluding carboxylic acids is 2. The van der Waals surface area contributed by atoms with E-state index in [1.54, 1.807) is 11.0 Å². The SMILES string of the molecule is CCC1C(=O)NC(C(C)(C)C)C(=O)N1C/C=C/Cl. The average molecular weight is 273 g/mol. The van der Waals surface area contributed by atoms with Crippen LogP contribution in [0.3, 0.4) is 0 Å². The van der Waals surface area contributed by atoms with Crippen LogP contribution in [0.2, 0.25) is 0 Å². The smallest absolute Gasteiger partial charge is 0.246 e. The van der Waals surface area contributed by atoms with E-state index in [0.717, 1.165) is 0 Å². The maximum atomic E-state index is 12.4. The zero-order chi connectivity index (χ0) is 13.9. The summed E-state index contributed by atoms with van der Waals surface area (Å²) < 4.78 is 0. The monoisotopic (exact) mass is 272 g/mol. The number of rotatable bonds is 3. The number of nitrogens with zero attached hydrogens (tertiary/aromatic N) is 1. The number of hydrogen-bond acceptors (Lipinski definition) is 2. The molecular formula is C13H21ClN2O2. The maximum Gasteiger partial charge on any atom is 0.246 e. The quantitative estimate of drug-likeness (QED) is 0.853. The lowest BCUT2D eigenvalue weighted by molar-refractivity contribution is -0.151. The fraction of sp³-hybridized carbons (Fsp3) is 0.692. The summed E-state index contributed by atoms with van der Waals surface area (Å²) in [5, 5.41) is 2.83. The molecule has 2 atom stereocenters. The minimum Gasteiger partial charge on any atom is -0.342 e. The van der Waals surface area contributed by atoms with Crippen molar-refractivity contribution in [2.75, 3.05) is 6.54 Å². The molecule has 1 heterocycles. The second-order valence-corrected chi connectivity index (χ2v) is 5.84. The van der Waals surface area contributed by atoms with Gasteiger partial charge in [0.2, 0.25) is 11.8 Å². The zero-order valence-corrected chi connectivity index (χ0v) is 12.1. The van der Waals surface area contributed by atoms with Crippen molar-refractivity contribution in [1.29, 1.82) is 0 Å². The molecular weight excluding hydrogens is 252 g/mol. The van der Waals surface area contributed by atoms with Crippen molar-refractivity contribution >= 4 is 23.4 Å². The van der Waals surface area contributed by atoms with E-state index in [4.69, 9.17) is 11.6 Å². The molecule has 0 aliphatic carbocycles. The standard InChI is InChI=1S/C13H21ClN2O2/c1-5-9-11(17)15-10(13(2,3)4)12(18)16(9)8-6-7-14/h6-7,9-10H,5,8H2,1-4H3,(H,15,17)/b7-6+. The van der Waals surface area contributed by atoms with Gasteiger partial charge in [-0.1, -0.05) is 45.4 Å². The highest BCUT2D eigenvalue weighted by Crippen LogP contribution is 2.25. The summed E-state index contributed by atoms with van der Waals surface area (Å²) in [6.07, 6.45) is 2.28. The Hall–Kier alpha value is -1.03. The van der Waals surface area contributed by atoms with Crippen LogP contribution in [0.15, 0.2) is 11.6 Å². The van der Waals surface area contributed by atoms with Crippen molar-refractivity contribution in [2.24, 2.45) is 5.41 Å². The number of hydrogen-bond donors (Lipinski definition) is 1. The summed E-state index contributed by atoms with van der Waals surface area (Å²) in [5.74, 6) is -0.122. The maximum absolute atomic E-state index is 12.4. The molecule has 18 heavy (non-hydrogen) atoms. The molecule has 2 amide bonds. The lowest BCUT2D eigenvalue weighted by atomic mass is 9.83. The normalized spacial score (nSPS) is 25.7. The molecule has 1 fully saturated rings. The van der Waals surface area contributed by atoms with Crippen molar-refractivity contribution < 1.29 is 9.59 Å². The molecule has 0 radical (unpaired) electrons. The Bertz CT molecular complexity index is 360. The van der Waals surface area contributed by atoms with Crippen LogP contribution in [0.25, 0.3) is 0 Å². The molecule has 0 aromatic rings. The number of halogens is 1. The first-order chi connectivity index (χ1) is 8.32. The molecule has 1 saturated heterocycles. The van der Waals surface area contributed by atoms with Crippen molar-refractivity contribution in [3.8, 4) is 0 Å². The van der Waals surface area contributed by atoms with Crippen molar-refractivity contribution in [1.82, 2.24) is 10.2 Å². The summed E-state index contributed by atoms with van der Waals surface area (Å²) in [4.78, 5) is 26.1. The van der Waals surface area contributed by atoms with Gasteiger partial charge in [0, 0.05) is 12.1 Å². The summed E-state index contributed by atoms with van der Waals surface area (Å²) in [6.45, 7) is 8.10. The van der Waals surface area contributed by atoms with E-state index in [2.05, 4.69) is 5.32 Å². The van der Waals surface area contributed by atoms with Crippen LogP contribution in [-0.4, -0.2) is 35.3 Å². The Morgan fingerprint density at radius 3 is 2.44 bits per heavy atom. The molecule has 0 aromatic carbocycles. The van der Waals surface area contributed by atoms with E-state index in [1.807, 2.05) is 27.7 Å². The largest absolute Gasteiger partial charge is 0.342 e. The topological polar surface area (TPSA) is 49.4 Å². The molecule has 0 aromatic heterocycles. The van der Waals surface area contributed by atoms with Crippen LogP contribution >= 0.6 is 11.6 Å². The first kappa shape index (κ1) is 15.0. The van der Waals surface area contributed by atoms with Crippen LogP contribution in [0, 0.1) is 5.41 Å². The molecule has 1 N–H and O–H groups in total. The molecule has 0 bridgehead atoms. The predicted molar refractivity (Wildman–Crippen MR) is 72.2 cm³/mol. The van der Waals surface area contributed by atoms with Crippen LogP contribution in [0.1, 0.15) is 34.1 Å². The third-order valence-corrected chi connectivity index (χ3v) is 3.32. The van der Waals surface area contributed by atoms with Crippen molar-refractivity contribution in [2.45, 2.75) is 46.2 Å². The van der Waals surface area contributed by atoms with Gasteiger partial charge >= 0.3 is 0 Å². The highest BCUT2D eigenvalue weighted by atomic mass is 35.5. The van der Waals surface area contributed by atoms with E-state index >= 15 is 0 Å². The van der Waals surface area contributed by atoms with Crippen LogP contribution in [0.4, 0.5) is 0 Å². The Morgan fingerprint density at radius 1 is 1.39 bits per heavy atom. The molecule has 0 saturated carbocycles. The fourth-order valence-electron chi connectivity index (χ4n) is 2.12. The molecule has 1 aliphatic heterocycles. The average Bonchev–Trinajstić information content (AvgIpc) is 2.28. The van der Waals surface area contributed by atoms with Crippen LogP contribution < -0.4 is 5.32 Å². The summed E-state index contributed by atoms with van der Waals surface area (Å²) in [5.41, 5.74) is 1.08. The van der Waals surface area contributed by atoms with Gasteiger partial charge in [-0.15, -0.1) is 0 Å². The van der Waals surface area contributed by atoms with Gasteiger partial charge in [0.05, 0.1) is 0 Å². The highest BCUT2D eigenvalue weighted by molar-refractivity contribution is 6.25. The van der Waals surface area contributed by atoms with E-state index in [-0.39, 0.29) is 17.2 Å². The Balaban J connectivity index is 3.00. The Kier molecular flexibility index (Phi) is 4.79. The van der Waals surface area contributed by atoms with Crippen LogP contribution in [0.5, 0.6) is 0 Å². The lowest BCUT2D eigenvalue weighted by Crippen LogP contribution is -2.66. The number of carbonyl (C=O) groups is 2. The minimum atomic E-state index is -0.475. The minimum absolute atomic E-state index is 0.0382. The third kappa shape index (κ3) is 3.05. The first-order valence-electron chi connectivity index (χ1n) is 6.19. The summed E-state index contributed by atoms with van der Waals surface area (Å²) >= 11 is 5.50. The van der Waals surface area contributed by atoms with Gasteiger partial charge in [0.1, 0.15) is 12.1 Å². The second-order valence-electron chi connectivity index (χ2n) is 5.58. The van der Waals surface area contributed by atoms with Gasteiger partial charge < -0.3 is 10.2 Å². The number of nitrogens with one attached hydrogen (secondary N) is 1. The number of piperazine rings is 1. The number of amides is 2. The molecule has 5 heteroatoms. The third-order valence-electron chi connectivity index (χ3n) is 3.14. The Morgan fingerprint density at radius 2 is 2.00 bits per heavy atom. The van der Waals surface area contributed by atoms with Gasteiger partial charge in [-0.05, 0) is 11.8 Å². The van der Waals surface area contributed by atoms with Gasteiger partial charge in [-0.3, -0.25) is 9.59 Å².